The van der Waals surface area contributed by atoms with Crippen molar-refractivity contribution in [3.63, 3.8) is 0 Å². The Hall–Kier alpha value is -2.19. The van der Waals surface area contributed by atoms with Gasteiger partial charge in [0.15, 0.2) is 0 Å². The van der Waals surface area contributed by atoms with Gasteiger partial charge in [-0.3, -0.25) is 4.79 Å². The zero-order valence-corrected chi connectivity index (χ0v) is 22.1. The number of aryl methyl sites for hydroxylation is 1. The summed E-state index contributed by atoms with van der Waals surface area (Å²) in [6.45, 7) is 8.23. The molecule has 2 fully saturated rings. The highest BCUT2D eigenvalue weighted by Gasteiger charge is 2.32. The fourth-order valence-corrected chi connectivity index (χ4v) is 6.86. The van der Waals surface area contributed by atoms with Gasteiger partial charge < -0.3 is 14.2 Å². The van der Waals surface area contributed by atoms with E-state index in [4.69, 9.17) is 4.74 Å². The monoisotopic (exact) mass is 501 g/mol. The highest BCUT2D eigenvalue weighted by molar-refractivity contribution is 7.90. The van der Waals surface area contributed by atoms with Gasteiger partial charge in [-0.1, -0.05) is 51.0 Å². The van der Waals surface area contributed by atoms with Crippen molar-refractivity contribution in [2.75, 3.05) is 13.2 Å². The second-order valence-corrected chi connectivity index (χ2v) is 12.4. The van der Waals surface area contributed by atoms with Crippen molar-refractivity contribution in [3.8, 4) is 0 Å². The number of ether oxygens (including phenoxy) is 1. The van der Waals surface area contributed by atoms with Crippen molar-refractivity contribution >= 4 is 15.7 Å². The average molecular weight is 502 g/mol. The van der Waals surface area contributed by atoms with Crippen molar-refractivity contribution in [2.45, 2.75) is 89.4 Å². The SMILES string of the molecule is Cc1ccccc1CS(=O)(=O)c1ncc(CN(C[C@H]2CCCO2)C(=O)C2CCCC2)n1CC(C)C. The van der Waals surface area contributed by atoms with Gasteiger partial charge >= 0.3 is 0 Å². The number of carbonyl (C=O) groups is 1. The molecule has 2 aliphatic rings. The normalized spacial score (nSPS) is 19.0. The van der Waals surface area contributed by atoms with Gasteiger partial charge in [-0.15, -0.1) is 0 Å². The first-order valence-corrected chi connectivity index (χ1v) is 14.6. The number of nitrogens with zero attached hydrogens (tertiary/aromatic N) is 3. The lowest BCUT2D eigenvalue weighted by Crippen LogP contribution is -2.40. The number of imidazole rings is 1. The van der Waals surface area contributed by atoms with E-state index in [1.54, 1.807) is 6.20 Å². The van der Waals surface area contributed by atoms with E-state index in [0.29, 0.717) is 19.6 Å². The standard InChI is InChI=1S/C27H39N3O4S/c1-20(2)16-30-24(15-28-27(30)35(32,33)19-23-12-5-4-9-21(23)3)17-29(18-25-13-8-14-34-25)26(31)22-10-6-7-11-22/h4-5,9,12,15,20,22,25H,6-8,10-11,13-14,16-19H2,1-3H3/t25-/m1/s1. The number of aromatic nitrogens is 2. The lowest BCUT2D eigenvalue weighted by molar-refractivity contribution is -0.137. The molecule has 0 spiro atoms. The summed E-state index contributed by atoms with van der Waals surface area (Å²) in [6, 6.07) is 7.55. The maximum absolute atomic E-state index is 13.5. The molecule has 0 bridgehead atoms. The van der Waals surface area contributed by atoms with Crippen molar-refractivity contribution in [1.29, 1.82) is 0 Å². The van der Waals surface area contributed by atoms with Gasteiger partial charge in [0.2, 0.25) is 20.9 Å². The van der Waals surface area contributed by atoms with Crippen LogP contribution >= 0.6 is 0 Å². The van der Waals surface area contributed by atoms with Crippen molar-refractivity contribution in [2.24, 2.45) is 11.8 Å². The van der Waals surface area contributed by atoms with Crippen LogP contribution in [-0.4, -0.2) is 48.0 Å². The Kier molecular flexibility index (Phi) is 8.32. The first-order chi connectivity index (χ1) is 16.7. The highest BCUT2D eigenvalue weighted by Crippen LogP contribution is 2.29. The van der Waals surface area contributed by atoms with Gasteiger partial charge in [0.1, 0.15) is 0 Å². The van der Waals surface area contributed by atoms with Crippen LogP contribution in [0.2, 0.25) is 0 Å². The second-order valence-electron chi connectivity index (χ2n) is 10.6. The number of sulfone groups is 1. The highest BCUT2D eigenvalue weighted by atomic mass is 32.2. The largest absolute Gasteiger partial charge is 0.376 e. The topological polar surface area (TPSA) is 81.5 Å². The number of rotatable bonds is 10. The van der Waals surface area contributed by atoms with Crippen LogP contribution in [-0.2, 0) is 38.2 Å². The summed E-state index contributed by atoms with van der Waals surface area (Å²) in [7, 11) is -3.66. The number of hydrogen-bond donors (Lipinski definition) is 0. The summed E-state index contributed by atoms with van der Waals surface area (Å²) in [5, 5.41) is 0.0924. The molecule has 0 unspecified atom stereocenters. The molecule has 1 aliphatic heterocycles. The molecule has 1 aromatic carbocycles. The van der Waals surface area contributed by atoms with Crippen molar-refractivity contribution in [3.05, 3.63) is 47.3 Å². The Labute approximate surface area is 209 Å². The maximum Gasteiger partial charge on any atom is 0.228 e. The van der Waals surface area contributed by atoms with Gasteiger partial charge in [-0.2, -0.15) is 0 Å². The number of carbonyl (C=O) groups excluding carboxylic acids is 1. The Morgan fingerprint density at radius 2 is 1.91 bits per heavy atom. The summed E-state index contributed by atoms with van der Waals surface area (Å²) in [6.07, 6.45) is 7.72. The summed E-state index contributed by atoms with van der Waals surface area (Å²) in [4.78, 5) is 19.8. The number of hydrogen-bond acceptors (Lipinski definition) is 5. The van der Waals surface area contributed by atoms with E-state index in [1.165, 1.54) is 0 Å². The fraction of sp³-hybridized carbons (Fsp3) is 0.630. The van der Waals surface area contributed by atoms with Crippen LogP contribution in [0.1, 0.15) is 69.2 Å². The molecule has 192 valence electrons. The molecule has 8 heteroatoms. The summed E-state index contributed by atoms with van der Waals surface area (Å²) < 4.78 is 34.7. The molecule has 2 heterocycles. The van der Waals surface area contributed by atoms with E-state index < -0.39 is 9.84 Å². The minimum atomic E-state index is -3.66. The third kappa shape index (κ3) is 6.33. The van der Waals surface area contributed by atoms with E-state index in [9.17, 15) is 13.2 Å². The Bertz CT molecular complexity index is 1110. The molecule has 1 saturated carbocycles. The van der Waals surface area contributed by atoms with Gasteiger partial charge in [0.25, 0.3) is 0 Å². The Morgan fingerprint density at radius 3 is 2.57 bits per heavy atom. The van der Waals surface area contributed by atoms with Crippen LogP contribution in [0.3, 0.4) is 0 Å². The van der Waals surface area contributed by atoms with E-state index >= 15 is 0 Å². The van der Waals surface area contributed by atoms with Crippen LogP contribution in [0.5, 0.6) is 0 Å². The molecule has 0 radical (unpaired) electrons. The van der Waals surface area contributed by atoms with E-state index in [0.717, 1.165) is 62.0 Å². The summed E-state index contributed by atoms with van der Waals surface area (Å²) in [5.74, 6) is 0.365. The van der Waals surface area contributed by atoms with Gasteiger partial charge in [-0.25, -0.2) is 13.4 Å². The van der Waals surface area contributed by atoms with Crippen LogP contribution in [0.4, 0.5) is 0 Å². The number of benzene rings is 1. The quantitative estimate of drug-likeness (QED) is 0.478. The van der Waals surface area contributed by atoms with E-state index in [-0.39, 0.29) is 34.8 Å². The average Bonchev–Trinajstić information content (AvgIpc) is 3.57. The lowest BCUT2D eigenvalue weighted by Gasteiger charge is -2.28. The van der Waals surface area contributed by atoms with Crippen LogP contribution < -0.4 is 0 Å². The molecule has 1 aromatic heterocycles. The second kappa shape index (κ2) is 11.2. The Morgan fingerprint density at radius 1 is 1.17 bits per heavy atom. The molecule has 0 N–H and O–H groups in total. The molecule has 1 aliphatic carbocycles. The number of amides is 1. The molecule has 1 atom stereocenters. The fourth-order valence-electron chi connectivity index (χ4n) is 5.26. The first-order valence-electron chi connectivity index (χ1n) is 13.0. The molecule has 2 aromatic rings. The lowest BCUT2D eigenvalue weighted by atomic mass is 10.1. The van der Waals surface area contributed by atoms with Gasteiger partial charge in [0.05, 0.1) is 30.3 Å². The molecular formula is C27H39N3O4S. The minimum Gasteiger partial charge on any atom is -0.376 e. The zero-order chi connectivity index (χ0) is 25.0. The van der Waals surface area contributed by atoms with Crippen LogP contribution in [0, 0.1) is 18.8 Å². The third-order valence-electron chi connectivity index (χ3n) is 7.15. The van der Waals surface area contributed by atoms with E-state index in [2.05, 4.69) is 18.8 Å². The van der Waals surface area contributed by atoms with E-state index in [1.807, 2.05) is 40.7 Å². The van der Waals surface area contributed by atoms with Crippen LogP contribution in [0.15, 0.2) is 35.6 Å². The summed E-state index contributed by atoms with van der Waals surface area (Å²) >= 11 is 0. The molecule has 1 saturated heterocycles. The minimum absolute atomic E-state index is 0.0473. The first kappa shape index (κ1) is 25.9. The Balaban J connectivity index is 1.63. The predicted octanol–water partition coefficient (Wildman–Crippen LogP) is 4.52. The maximum atomic E-state index is 13.5. The molecule has 1 amide bonds. The predicted molar refractivity (Wildman–Crippen MR) is 135 cm³/mol. The molecular weight excluding hydrogens is 462 g/mol. The zero-order valence-electron chi connectivity index (χ0n) is 21.3. The van der Waals surface area contributed by atoms with Gasteiger partial charge in [0, 0.05) is 25.6 Å². The van der Waals surface area contributed by atoms with Crippen molar-refractivity contribution < 1.29 is 17.9 Å². The third-order valence-corrected chi connectivity index (χ3v) is 8.72. The molecule has 4 rings (SSSR count). The van der Waals surface area contributed by atoms with Crippen molar-refractivity contribution in [1.82, 2.24) is 14.5 Å². The molecule has 35 heavy (non-hydrogen) atoms. The molecule has 7 nitrogen and oxygen atoms in total. The van der Waals surface area contributed by atoms with Gasteiger partial charge in [-0.05, 0) is 49.7 Å². The summed E-state index contributed by atoms with van der Waals surface area (Å²) in [5.41, 5.74) is 2.50. The smallest absolute Gasteiger partial charge is 0.228 e. The van der Waals surface area contributed by atoms with Crippen LogP contribution in [0.25, 0.3) is 0 Å².